The molecule has 1 atom stereocenters. The molecule has 4 nitrogen and oxygen atoms in total. The van der Waals surface area contributed by atoms with Crippen LogP contribution in [0.2, 0.25) is 5.02 Å². The number of hydrogen-bond donors (Lipinski definition) is 2. The molecule has 1 aliphatic heterocycles. The van der Waals surface area contributed by atoms with Crippen molar-refractivity contribution in [3.8, 4) is 0 Å². The van der Waals surface area contributed by atoms with Gasteiger partial charge in [0.2, 0.25) is 0 Å². The first-order valence-electron chi connectivity index (χ1n) is 8.05. The number of rotatable bonds is 5. The van der Waals surface area contributed by atoms with Gasteiger partial charge in [0.15, 0.2) is 0 Å². The van der Waals surface area contributed by atoms with E-state index in [2.05, 4.69) is 29.4 Å². The molecule has 5 heteroatoms. The largest absolute Gasteiger partial charge is 0.337 e. The number of carbonyl (C=O) groups excluding carboxylic acids is 1. The number of likely N-dealkylation sites (tertiary alicyclic amines) is 1. The Hall–Kier alpha value is -1.26. The molecule has 1 aromatic rings. The molecular formula is C17H26ClN3O. The van der Waals surface area contributed by atoms with Crippen molar-refractivity contribution < 1.29 is 4.79 Å². The second-order valence-corrected chi connectivity index (χ2v) is 6.70. The summed E-state index contributed by atoms with van der Waals surface area (Å²) in [7, 11) is 0. The topological polar surface area (TPSA) is 44.4 Å². The van der Waals surface area contributed by atoms with Crippen molar-refractivity contribution in [1.29, 1.82) is 0 Å². The lowest BCUT2D eigenvalue weighted by atomic mass is 9.98. The van der Waals surface area contributed by atoms with E-state index in [0.29, 0.717) is 24.2 Å². The highest BCUT2D eigenvalue weighted by Crippen LogP contribution is 2.17. The molecule has 1 heterocycles. The van der Waals surface area contributed by atoms with Gasteiger partial charge >= 0.3 is 6.03 Å². The lowest BCUT2D eigenvalue weighted by Crippen LogP contribution is -2.47. The highest BCUT2D eigenvalue weighted by Gasteiger charge is 2.20. The normalized spacial score (nSPS) is 18.0. The Morgan fingerprint density at radius 1 is 1.36 bits per heavy atom. The fourth-order valence-electron chi connectivity index (χ4n) is 2.73. The molecule has 122 valence electrons. The molecule has 0 spiro atoms. The van der Waals surface area contributed by atoms with Crippen molar-refractivity contribution >= 4 is 17.6 Å². The quantitative estimate of drug-likeness (QED) is 0.873. The molecule has 1 aliphatic rings. The fourth-order valence-corrected chi connectivity index (χ4v) is 2.94. The van der Waals surface area contributed by atoms with Crippen LogP contribution in [0.25, 0.3) is 0 Å². The van der Waals surface area contributed by atoms with E-state index in [0.717, 1.165) is 24.6 Å². The molecule has 0 radical (unpaired) electrons. The number of hydrogen-bond acceptors (Lipinski definition) is 2. The molecule has 1 unspecified atom stereocenters. The summed E-state index contributed by atoms with van der Waals surface area (Å²) in [6.45, 7) is 7.91. The molecule has 2 rings (SSSR count). The SMILES string of the molecule is CC1CCN(C(C)CNC(=O)NCc2cccc(Cl)c2)CC1. The molecule has 1 saturated heterocycles. The van der Waals surface area contributed by atoms with E-state index in [1.807, 2.05) is 24.3 Å². The Bertz CT molecular complexity index is 487. The number of carbonyl (C=O) groups is 1. The Kier molecular flexibility index (Phi) is 6.52. The number of nitrogens with zero attached hydrogens (tertiary/aromatic N) is 1. The number of halogens is 1. The average molecular weight is 324 g/mol. The van der Waals surface area contributed by atoms with Crippen molar-refractivity contribution in [3.63, 3.8) is 0 Å². The minimum absolute atomic E-state index is 0.128. The molecule has 0 aromatic heterocycles. The standard InChI is InChI=1S/C17H26ClN3O/c1-13-6-8-21(9-7-13)14(2)11-19-17(22)20-12-15-4-3-5-16(18)10-15/h3-5,10,13-14H,6-9,11-12H2,1-2H3,(H2,19,20,22). The van der Waals surface area contributed by atoms with Gasteiger partial charge in [-0.3, -0.25) is 4.90 Å². The summed E-state index contributed by atoms with van der Waals surface area (Å²) in [5, 5.41) is 6.50. The number of nitrogens with one attached hydrogen (secondary N) is 2. The zero-order chi connectivity index (χ0) is 15.9. The Labute approximate surface area is 138 Å². The van der Waals surface area contributed by atoms with Crippen LogP contribution in [0, 0.1) is 5.92 Å². The molecule has 1 aromatic carbocycles. The number of piperidine rings is 1. The smallest absolute Gasteiger partial charge is 0.315 e. The molecular weight excluding hydrogens is 298 g/mol. The van der Waals surface area contributed by atoms with Gasteiger partial charge in [-0.1, -0.05) is 30.7 Å². The second kappa shape index (κ2) is 8.39. The Morgan fingerprint density at radius 2 is 2.09 bits per heavy atom. The summed E-state index contributed by atoms with van der Waals surface area (Å²) >= 11 is 5.93. The predicted molar refractivity (Wildman–Crippen MR) is 91.1 cm³/mol. The maximum absolute atomic E-state index is 11.9. The predicted octanol–water partition coefficient (Wildman–Crippen LogP) is 3.26. The lowest BCUT2D eigenvalue weighted by molar-refractivity contribution is 0.145. The highest BCUT2D eigenvalue weighted by atomic mass is 35.5. The molecule has 0 aliphatic carbocycles. The average Bonchev–Trinajstić information content (AvgIpc) is 2.51. The second-order valence-electron chi connectivity index (χ2n) is 6.26. The van der Waals surface area contributed by atoms with E-state index in [1.54, 1.807) is 0 Å². The Balaban J connectivity index is 1.67. The third-order valence-corrected chi connectivity index (χ3v) is 4.58. The first-order chi connectivity index (χ1) is 10.5. The van der Waals surface area contributed by atoms with Crippen molar-refractivity contribution in [2.24, 2.45) is 5.92 Å². The third-order valence-electron chi connectivity index (χ3n) is 4.34. The van der Waals surface area contributed by atoms with Crippen LogP contribution in [0.5, 0.6) is 0 Å². The maximum Gasteiger partial charge on any atom is 0.315 e. The lowest BCUT2D eigenvalue weighted by Gasteiger charge is -2.34. The van der Waals surface area contributed by atoms with Gasteiger partial charge in [0.25, 0.3) is 0 Å². The van der Waals surface area contributed by atoms with Crippen LogP contribution >= 0.6 is 11.6 Å². The van der Waals surface area contributed by atoms with Crippen LogP contribution in [0.1, 0.15) is 32.3 Å². The van der Waals surface area contributed by atoms with Gasteiger partial charge in [0.1, 0.15) is 0 Å². The fraction of sp³-hybridized carbons (Fsp3) is 0.588. The minimum atomic E-state index is -0.128. The van der Waals surface area contributed by atoms with E-state index in [-0.39, 0.29) is 6.03 Å². The van der Waals surface area contributed by atoms with Crippen LogP contribution in [-0.4, -0.2) is 36.6 Å². The zero-order valence-electron chi connectivity index (χ0n) is 13.4. The van der Waals surface area contributed by atoms with Gasteiger partial charge in [-0.15, -0.1) is 0 Å². The van der Waals surface area contributed by atoms with Crippen LogP contribution in [0.3, 0.4) is 0 Å². The summed E-state index contributed by atoms with van der Waals surface area (Å²) in [6.07, 6.45) is 2.51. The monoisotopic (exact) mass is 323 g/mol. The van der Waals surface area contributed by atoms with Gasteiger partial charge in [0.05, 0.1) is 0 Å². The van der Waals surface area contributed by atoms with Crippen LogP contribution in [0.4, 0.5) is 4.79 Å². The molecule has 2 amide bonds. The highest BCUT2D eigenvalue weighted by molar-refractivity contribution is 6.30. The third kappa shape index (κ3) is 5.50. The van der Waals surface area contributed by atoms with Crippen molar-refractivity contribution in [2.75, 3.05) is 19.6 Å². The maximum atomic E-state index is 11.9. The first kappa shape index (κ1) is 17.1. The van der Waals surface area contributed by atoms with Gasteiger partial charge in [-0.05, 0) is 56.5 Å². The van der Waals surface area contributed by atoms with Crippen molar-refractivity contribution in [1.82, 2.24) is 15.5 Å². The van der Waals surface area contributed by atoms with E-state index in [1.165, 1.54) is 12.8 Å². The number of amides is 2. The van der Waals surface area contributed by atoms with Crippen LogP contribution in [-0.2, 0) is 6.54 Å². The zero-order valence-corrected chi connectivity index (χ0v) is 14.2. The van der Waals surface area contributed by atoms with Crippen molar-refractivity contribution in [2.45, 2.75) is 39.3 Å². The summed E-state index contributed by atoms with van der Waals surface area (Å²) in [6, 6.07) is 7.77. The van der Waals surface area contributed by atoms with E-state index < -0.39 is 0 Å². The summed E-state index contributed by atoms with van der Waals surface area (Å²) in [5.41, 5.74) is 1.00. The molecule has 0 bridgehead atoms. The molecule has 1 fully saturated rings. The first-order valence-corrected chi connectivity index (χ1v) is 8.42. The van der Waals surface area contributed by atoms with E-state index in [9.17, 15) is 4.79 Å². The van der Waals surface area contributed by atoms with E-state index >= 15 is 0 Å². The van der Waals surface area contributed by atoms with Crippen molar-refractivity contribution in [3.05, 3.63) is 34.9 Å². The summed E-state index contributed by atoms with van der Waals surface area (Å²) < 4.78 is 0. The number of urea groups is 1. The molecule has 22 heavy (non-hydrogen) atoms. The molecule has 2 N–H and O–H groups in total. The van der Waals surface area contributed by atoms with Gasteiger partial charge in [-0.2, -0.15) is 0 Å². The van der Waals surface area contributed by atoms with Gasteiger partial charge < -0.3 is 10.6 Å². The molecule has 0 saturated carbocycles. The van der Waals surface area contributed by atoms with Crippen LogP contribution < -0.4 is 10.6 Å². The summed E-state index contributed by atoms with van der Waals surface area (Å²) in [4.78, 5) is 14.3. The summed E-state index contributed by atoms with van der Waals surface area (Å²) in [5.74, 6) is 0.831. The van der Waals surface area contributed by atoms with Gasteiger partial charge in [0, 0.05) is 24.2 Å². The van der Waals surface area contributed by atoms with Crippen LogP contribution in [0.15, 0.2) is 24.3 Å². The van der Waals surface area contributed by atoms with E-state index in [4.69, 9.17) is 11.6 Å². The number of benzene rings is 1. The Morgan fingerprint density at radius 3 is 2.77 bits per heavy atom. The minimum Gasteiger partial charge on any atom is -0.337 e. The van der Waals surface area contributed by atoms with Gasteiger partial charge in [-0.25, -0.2) is 4.79 Å².